The fourth-order valence-electron chi connectivity index (χ4n) is 1.80. The third kappa shape index (κ3) is 4.14. The molecule has 17 heavy (non-hydrogen) atoms. The fraction of sp³-hybridized carbons (Fsp3) is 0.571. The number of hydrogen-bond acceptors (Lipinski definition) is 2. The van der Waals surface area contributed by atoms with E-state index in [9.17, 15) is 0 Å². The van der Waals surface area contributed by atoms with Gasteiger partial charge in [0.05, 0.1) is 3.57 Å². The zero-order chi connectivity index (χ0) is 13.1. The van der Waals surface area contributed by atoms with E-state index in [0.717, 1.165) is 15.7 Å². The summed E-state index contributed by atoms with van der Waals surface area (Å²) in [6.45, 7) is 8.61. The summed E-state index contributed by atoms with van der Waals surface area (Å²) < 4.78 is 7.26. The molecule has 0 spiro atoms. The van der Waals surface area contributed by atoms with Crippen LogP contribution in [-0.2, 0) is 0 Å². The maximum Gasteiger partial charge on any atom is 0.133 e. The summed E-state index contributed by atoms with van der Waals surface area (Å²) in [5.41, 5.74) is 6.21. The molecular formula is C14H22INO. The second kappa shape index (κ2) is 6.05. The molecule has 0 aliphatic heterocycles. The van der Waals surface area contributed by atoms with Gasteiger partial charge in [-0.3, -0.25) is 0 Å². The highest BCUT2D eigenvalue weighted by molar-refractivity contribution is 14.1. The predicted octanol–water partition coefficient (Wildman–Crippen LogP) is 3.82. The van der Waals surface area contributed by atoms with Crippen LogP contribution in [0.4, 0.5) is 0 Å². The van der Waals surface area contributed by atoms with Gasteiger partial charge >= 0.3 is 0 Å². The molecule has 0 radical (unpaired) electrons. The van der Waals surface area contributed by atoms with Gasteiger partial charge in [0.15, 0.2) is 0 Å². The highest BCUT2D eigenvalue weighted by Gasteiger charge is 2.31. The molecule has 3 heteroatoms. The molecule has 0 aliphatic rings. The van der Waals surface area contributed by atoms with Crippen molar-refractivity contribution in [3.8, 4) is 5.75 Å². The van der Waals surface area contributed by atoms with Crippen LogP contribution in [0.1, 0.15) is 34.1 Å². The van der Waals surface area contributed by atoms with Gasteiger partial charge in [0.25, 0.3) is 0 Å². The van der Waals surface area contributed by atoms with E-state index >= 15 is 0 Å². The highest BCUT2D eigenvalue weighted by Crippen LogP contribution is 2.29. The monoisotopic (exact) mass is 347 g/mol. The van der Waals surface area contributed by atoms with Gasteiger partial charge in [-0.05, 0) is 41.1 Å². The number of halogens is 1. The Hall–Kier alpha value is -0.290. The summed E-state index contributed by atoms with van der Waals surface area (Å²) in [5, 5.41) is 0. The number of rotatable bonds is 4. The van der Waals surface area contributed by atoms with E-state index in [1.54, 1.807) is 0 Å². The number of ether oxygens (including phenoxy) is 1. The lowest BCUT2D eigenvalue weighted by atomic mass is 9.84. The molecule has 1 aromatic rings. The fourth-order valence-corrected chi connectivity index (χ4v) is 2.31. The molecule has 2 atom stereocenters. The standard InChI is InChI=1S/C14H22INO/c1-5-11(16)13(14(2,3)4)17-12-9-7-6-8-10(12)15/h6-9,11,13H,5,16H2,1-4H3. The molecule has 2 nitrogen and oxygen atoms in total. The molecule has 0 amide bonds. The van der Waals surface area contributed by atoms with Crippen molar-refractivity contribution in [3.63, 3.8) is 0 Å². The molecule has 0 fully saturated rings. The van der Waals surface area contributed by atoms with Gasteiger partial charge in [0.1, 0.15) is 11.9 Å². The Labute approximate surface area is 118 Å². The normalized spacial score (nSPS) is 15.4. The van der Waals surface area contributed by atoms with Crippen LogP contribution in [0.15, 0.2) is 24.3 Å². The second-order valence-electron chi connectivity index (χ2n) is 5.41. The molecule has 1 aromatic carbocycles. The van der Waals surface area contributed by atoms with Gasteiger partial charge < -0.3 is 10.5 Å². The molecule has 1 rings (SSSR count). The van der Waals surface area contributed by atoms with Gasteiger partial charge in [0, 0.05) is 11.5 Å². The Bertz CT molecular complexity index is 359. The van der Waals surface area contributed by atoms with Gasteiger partial charge in [-0.1, -0.05) is 39.8 Å². The molecule has 0 aliphatic carbocycles. The number of benzene rings is 1. The van der Waals surface area contributed by atoms with Crippen LogP contribution < -0.4 is 10.5 Å². The summed E-state index contributed by atoms with van der Waals surface area (Å²) in [5.74, 6) is 0.928. The third-order valence-corrected chi connectivity index (χ3v) is 3.70. The summed E-state index contributed by atoms with van der Waals surface area (Å²) in [4.78, 5) is 0. The first-order valence-electron chi connectivity index (χ1n) is 6.03. The van der Waals surface area contributed by atoms with Crippen molar-refractivity contribution in [3.05, 3.63) is 27.8 Å². The topological polar surface area (TPSA) is 35.2 Å². The highest BCUT2D eigenvalue weighted by atomic mass is 127. The first-order chi connectivity index (χ1) is 7.86. The lowest BCUT2D eigenvalue weighted by molar-refractivity contribution is 0.0614. The summed E-state index contributed by atoms with van der Waals surface area (Å²) >= 11 is 2.29. The molecule has 0 aromatic heterocycles. The van der Waals surface area contributed by atoms with Crippen LogP contribution in [0.2, 0.25) is 0 Å². The molecule has 0 saturated carbocycles. The van der Waals surface area contributed by atoms with Gasteiger partial charge in [-0.25, -0.2) is 0 Å². The van der Waals surface area contributed by atoms with E-state index in [4.69, 9.17) is 10.5 Å². The van der Waals surface area contributed by atoms with Crippen LogP contribution in [0.3, 0.4) is 0 Å². The Kier molecular flexibility index (Phi) is 5.25. The Morgan fingerprint density at radius 2 is 1.88 bits per heavy atom. The predicted molar refractivity (Wildman–Crippen MR) is 81.3 cm³/mol. The van der Waals surface area contributed by atoms with Crippen molar-refractivity contribution in [1.82, 2.24) is 0 Å². The largest absolute Gasteiger partial charge is 0.487 e. The molecule has 0 bridgehead atoms. The minimum atomic E-state index is 0.0309. The van der Waals surface area contributed by atoms with Crippen molar-refractivity contribution in [2.75, 3.05) is 0 Å². The van der Waals surface area contributed by atoms with E-state index in [-0.39, 0.29) is 17.6 Å². The van der Waals surface area contributed by atoms with Gasteiger partial charge in [0.2, 0.25) is 0 Å². The lowest BCUT2D eigenvalue weighted by Crippen LogP contribution is -2.47. The van der Waals surface area contributed by atoms with Crippen LogP contribution in [0.25, 0.3) is 0 Å². The van der Waals surface area contributed by atoms with Crippen molar-refractivity contribution >= 4 is 22.6 Å². The van der Waals surface area contributed by atoms with Gasteiger partial charge in [-0.15, -0.1) is 0 Å². The molecule has 0 heterocycles. The van der Waals surface area contributed by atoms with E-state index in [2.05, 4.69) is 50.3 Å². The molecule has 2 unspecified atom stereocenters. The SMILES string of the molecule is CCC(N)C(Oc1ccccc1I)C(C)(C)C. The molecule has 2 N–H and O–H groups in total. The smallest absolute Gasteiger partial charge is 0.133 e. The quantitative estimate of drug-likeness (QED) is 0.841. The average molecular weight is 347 g/mol. The van der Waals surface area contributed by atoms with Crippen LogP contribution in [0, 0.1) is 8.99 Å². The van der Waals surface area contributed by atoms with E-state index in [1.807, 2.05) is 24.3 Å². The second-order valence-corrected chi connectivity index (χ2v) is 6.57. The maximum absolute atomic E-state index is 6.17. The van der Waals surface area contributed by atoms with Crippen LogP contribution >= 0.6 is 22.6 Å². The van der Waals surface area contributed by atoms with Crippen LogP contribution in [-0.4, -0.2) is 12.1 Å². The van der Waals surface area contributed by atoms with Crippen molar-refractivity contribution < 1.29 is 4.74 Å². The minimum Gasteiger partial charge on any atom is -0.487 e. The molecule has 0 saturated heterocycles. The zero-order valence-corrected chi connectivity index (χ0v) is 13.2. The van der Waals surface area contributed by atoms with Crippen molar-refractivity contribution in [1.29, 1.82) is 0 Å². The van der Waals surface area contributed by atoms with E-state index in [0.29, 0.717) is 0 Å². The lowest BCUT2D eigenvalue weighted by Gasteiger charge is -2.35. The van der Waals surface area contributed by atoms with Crippen molar-refractivity contribution in [2.24, 2.45) is 11.1 Å². The van der Waals surface area contributed by atoms with E-state index in [1.165, 1.54) is 0 Å². The first-order valence-corrected chi connectivity index (χ1v) is 7.11. The maximum atomic E-state index is 6.17. The van der Waals surface area contributed by atoms with E-state index < -0.39 is 0 Å². The minimum absolute atomic E-state index is 0.0309. The summed E-state index contributed by atoms with van der Waals surface area (Å²) in [6, 6.07) is 8.12. The van der Waals surface area contributed by atoms with Crippen LogP contribution in [0.5, 0.6) is 5.75 Å². The third-order valence-electron chi connectivity index (χ3n) is 2.80. The zero-order valence-electron chi connectivity index (χ0n) is 11.0. The first kappa shape index (κ1) is 14.8. The summed E-state index contributed by atoms with van der Waals surface area (Å²) in [7, 11) is 0. The molecular weight excluding hydrogens is 325 g/mol. The number of nitrogens with two attached hydrogens (primary N) is 1. The number of hydrogen-bond donors (Lipinski definition) is 1. The molecule has 96 valence electrons. The van der Waals surface area contributed by atoms with Gasteiger partial charge in [-0.2, -0.15) is 0 Å². The Morgan fingerprint density at radius 1 is 1.29 bits per heavy atom. The summed E-state index contributed by atoms with van der Waals surface area (Å²) in [6.07, 6.45) is 0.953. The average Bonchev–Trinajstić information content (AvgIpc) is 2.25. The van der Waals surface area contributed by atoms with Crippen molar-refractivity contribution in [2.45, 2.75) is 46.3 Å². The Balaban J connectivity index is 2.91. The Morgan fingerprint density at radius 3 is 2.35 bits per heavy atom. The number of para-hydroxylation sites is 1.